The molecule has 1 aromatic carbocycles. The Balaban J connectivity index is 2.02. The maximum atomic E-state index is 12.3. The molecular weight excluding hydrogens is 274 g/mol. The molecule has 1 aliphatic heterocycles. The maximum absolute atomic E-state index is 12.3. The quantitative estimate of drug-likeness (QED) is 0.864. The van der Waals surface area contributed by atoms with Crippen LogP contribution in [0.1, 0.15) is 19.8 Å². The molecule has 0 saturated carbocycles. The summed E-state index contributed by atoms with van der Waals surface area (Å²) in [5, 5.41) is 3.15. The molecule has 1 aromatic rings. The number of nitrogens with one attached hydrogen (secondary N) is 2. The second-order valence-electron chi connectivity index (χ2n) is 5.25. The van der Waals surface area contributed by atoms with Gasteiger partial charge in [-0.05, 0) is 64.2 Å². The molecule has 0 bridgehead atoms. The first-order valence-electron chi connectivity index (χ1n) is 7.06. The van der Waals surface area contributed by atoms with Gasteiger partial charge in [-0.2, -0.15) is 0 Å². The van der Waals surface area contributed by atoms with Crippen LogP contribution in [-0.2, 0) is 10.0 Å². The minimum atomic E-state index is -3.41. The van der Waals surface area contributed by atoms with Gasteiger partial charge in [0.25, 0.3) is 0 Å². The highest BCUT2D eigenvalue weighted by Gasteiger charge is 2.23. The number of nitrogens with zero attached hydrogens (tertiary/aromatic N) is 1. The van der Waals surface area contributed by atoms with Crippen LogP contribution in [0, 0.1) is 0 Å². The van der Waals surface area contributed by atoms with Crippen LogP contribution >= 0.6 is 0 Å². The van der Waals surface area contributed by atoms with Gasteiger partial charge in [-0.1, -0.05) is 0 Å². The summed E-state index contributed by atoms with van der Waals surface area (Å²) >= 11 is 0. The second kappa shape index (κ2) is 6.56. The summed E-state index contributed by atoms with van der Waals surface area (Å²) in [4.78, 5) is 2.55. The van der Waals surface area contributed by atoms with Gasteiger partial charge in [0.1, 0.15) is 0 Å². The molecule has 0 aromatic heterocycles. The number of hydrogen-bond acceptors (Lipinski definition) is 4. The number of benzene rings is 1. The predicted octanol–water partition coefficient (Wildman–Crippen LogP) is 1.49. The largest absolute Gasteiger partial charge is 0.385 e. The van der Waals surface area contributed by atoms with Crippen molar-refractivity contribution in [2.75, 3.05) is 32.0 Å². The van der Waals surface area contributed by atoms with Crippen molar-refractivity contribution in [1.82, 2.24) is 9.62 Å². The lowest BCUT2D eigenvalue weighted by Crippen LogP contribution is -2.43. The third kappa shape index (κ3) is 3.94. The second-order valence-corrected chi connectivity index (χ2v) is 6.97. The molecule has 6 heteroatoms. The molecule has 20 heavy (non-hydrogen) atoms. The Labute approximate surface area is 121 Å². The highest BCUT2D eigenvalue weighted by molar-refractivity contribution is 7.89. The van der Waals surface area contributed by atoms with Gasteiger partial charge in [-0.3, -0.25) is 0 Å². The lowest BCUT2D eigenvalue weighted by atomic mass is 10.1. The Morgan fingerprint density at radius 1 is 1.20 bits per heavy atom. The summed E-state index contributed by atoms with van der Waals surface area (Å²) in [6.45, 7) is 4.70. The van der Waals surface area contributed by atoms with Crippen molar-refractivity contribution in [2.24, 2.45) is 0 Å². The first-order chi connectivity index (χ1) is 9.51. The number of rotatable bonds is 5. The number of anilines is 1. The summed E-state index contributed by atoms with van der Waals surface area (Å²) in [6.07, 6.45) is 1.73. The summed E-state index contributed by atoms with van der Waals surface area (Å²) in [6, 6.07) is 6.94. The molecule has 0 amide bonds. The molecule has 0 radical (unpaired) electrons. The molecule has 1 saturated heterocycles. The maximum Gasteiger partial charge on any atom is 0.240 e. The minimum absolute atomic E-state index is 0.0460. The average molecular weight is 297 g/mol. The third-order valence-electron chi connectivity index (χ3n) is 3.59. The third-order valence-corrected chi connectivity index (χ3v) is 5.12. The Morgan fingerprint density at radius 2 is 1.80 bits per heavy atom. The highest BCUT2D eigenvalue weighted by Crippen LogP contribution is 2.16. The van der Waals surface area contributed by atoms with E-state index in [4.69, 9.17) is 0 Å². The average Bonchev–Trinajstić information content (AvgIpc) is 2.42. The lowest BCUT2D eigenvalue weighted by Gasteiger charge is -2.29. The fourth-order valence-electron chi connectivity index (χ4n) is 2.37. The molecular formula is C14H23N3O2S. The van der Waals surface area contributed by atoms with E-state index in [1.807, 2.05) is 6.92 Å². The van der Waals surface area contributed by atoms with Crippen LogP contribution < -0.4 is 10.0 Å². The first kappa shape index (κ1) is 15.3. The van der Waals surface area contributed by atoms with E-state index in [-0.39, 0.29) is 6.04 Å². The molecule has 1 fully saturated rings. The van der Waals surface area contributed by atoms with E-state index >= 15 is 0 Å². The molecule has 0 unspecified atom stereocenters. The van der Waals surface area contributed by atoms with E-state index in [1.165, 1.54) is 0 Å². The van der Waals surface area contributed by atoms with E-state index in [0.717, 1.165) is 38.2 Å². The van der Waals surface area contributed by atoms with Crippen LogP contribution in [0.2, 0.25) is 0 Å². The van der Waals surface area contributed by atoms with Crippen LogP contribution in [-0.4, -0.2) is 46.0 Å². The number of sulfonamides is 1. The number of likely N-dealkylation sites (tertiary alicyclic amines) is 1. The van der Waals surface area contributed by atoms with Crippen LogP contribution in [0.25, 0.3) is 0 Å². The lowest BCUT2D eigenvalue weighted by molar-refractivity contribution is 0.248. The predicted molar refractivity (Wildman–Crippen MR) is 81.4 cm³/mol. The van der Waals surface area contributed by atoms with Crippen molar-refractivity contribution in [1.29, 1.82) is 0 Å². The standard InChI is InChI=1S/C14H23N3O2S/c1-3-15-12-4-6-14(7-5-12)20(18,19)16-13-8-10-17(2)11-9-13/h4-7,13,15-16H,3,8-11H2,1-2H3. The van der Waals surface area contributed by atoms with E-state index in [2.05, 4.69) is 22.0 Å². The number of hydrogen-bond donors (Lipinski definition) is 2. The van der Waals surface area contributed by atoms with Crippen molar-refractivity contribution in [2.45, 2.75) is 30.7 Å². The van der Waals surface area contributed by atoms with Gasteiger partial charge >= 0.3 is 0 Å². The summed E-state index contributed by atoms with van der Waals surface area (Å²) < 4.78 is 27.4. The normalized spacial score (nSPS) is 18.1. The smallest absolute Gasteiger partial charge is 0.240 e. The fraction of sp³-hybridized carbons (Fsp3) is 0.571. The SMILES string of the molecule is CCNc1ccc(S(=O)(=O)NC2CCN(C)CC2)cc1. The molecule has 112 valence electrons. The topological polar surface area (TPSA) is 61.4 Å². The summed E-state index contributed by atoms with van der Waals surface area (Å²) in [5.41, 5.74) is 0.936. The van der Waals surface area contributed by atoms with Gasteiger partial charge in [0.2, 0.25) is 10.0 Å². The Morgan fingerprint density at radius 3 is 2.35 bits per heavy atom. The molecule has 5 nitrogen and oxygen atoms in total. The minimum Gasteiger partial charge on any atom is -0.385 e. The monoisotopic (exact) mass is 297 g/mol. The Bertz CT molecular complexity index is 520. The van der Waals surface area contributed by atoms with Gasteiger partial charge in [0.05, 0.1) is 4.90 Å². The summed E-state index contributed by atoms with van der Waals surface area (Å²) in [5.74, 6) is 0. The van der Waals surface area contributed by atoms with E-state index in [9.17, 15) is 8.42 Å². The van der Waals surface area contributed by atoms with E-state index in [1.54, 1.807) is 24.3 Å². The van der Waals surface area contributed by atoms with Gasteiger partial charge in [-0.15, -0.1) is 0 Å². The zero-order chi connectivity index (χ0) is 14.6. The van der Waals surface area contributed by atoms with Crippen LogP contribution in [0.5, 0.6) is 0 Å². The molecule has 1 aliphatic rings. The van der Waals surface area contributed by atoms with Crippen molar-refractivity contribution in [3.8, 4) is 0 Å². The van der Waals surface area contributed by atoms with Crippen molar-refractivity contribution < 1.29 is 8.42 Å². The molecule has 0 spiro atoms. The molecule has 0 aliphatic carbocycles. The van der Waals surface area contributed by atoms with Crippen molar-refractivity contribution >= 4 is 15.7 Å². The van der Waals surface area contributed by atoms with Crippen molar-refractivity contribution in [3.63, 3.8) is 0 Å². The van der Waals surface area contributed by atoms with Crippen LogP contribution in [0.15, 0.2) is 29.2 Å². The zero-order valence-electron chi connectivity index (χ0n) is 12.1. The Hall–Kier alpha value is -1.11. The molecule has 2 rings (SSSR count). The first-order valence-corrected chi connectivity index (χ1v) is 8.54. The van der Waals surface area contributed by atoms with E-state index < -0.39 is 10.0 Å². The zero-order valence-corrected chi connectivity index (χ0v) is 12.9. The van der Waals surface area contributed by atoms with E-state index in [0.29, 0.717) is 4.90 Å². The summed E-state index contributed by atoms with van der Waals surface area (Å²) in [7, 11) is -1.35. The molecule has 0 atom stereocenters. The molecule has 1 heterocycles. The van der Waals surface area contributed by atoms with Gasteiger partial charge in [0.15, 0.2) is 0 Å². The number of piperidine rings is 1. The van der Waals surface area contributed by atoms with Crippen LogP contribution in [0.4, 0.5) is 5.69 Å². The van der Waals surface area contributed by atoms with Crippen LogP contribution in [0.3, 0.4) is 0 Å². The van der Waals surface area contributed by atoms with Gasteiger partial charge in [-0.25, -0.2) is 13.1 Å². The molecule has 2 N–H and O–H groups in total. The highest BCUT2D eigenvalue weighted by atomic mass is 32.2. The fourth-order valence-corrected chi connectivity index (χ4v) is 3.67. The Kier molecular flexibility index (Phi) is 5.01. The van der Waals surface area contributed by atoms with Gasteiger partial charge in [0, 0.05) is 18.3 Å². The van der Waals surface area contributed by atoms with Gasteiger partial charge < -0.3 is 10.2 Å². The van der Waals surface area contributed by atoms with Crippen molar-refractivity contribution in [3.05, 3.63) is 24.3 Å².